The molecule has 2 aromatic carbocycles. The second kappa shape index (κ2) is 7.13. The fraction of sp³-hybridized carbons (Fsp3) is 0.200. The van der Waals surface area contributed by atoms with Crippen LogP contribution in [0.25, 0.3) is 10.9 Å². The van der Waals surface area contributed by atoms with E-state index in [2.05, 4.69) is 29.4 Å². The number of rotatable bonds is 5. The predicted molar refractivity (Wildman–Crippen MR) is 96.8 cm³/mol. The number of pyridine rings is 1. The van der Waals surface area contributed by atoms with E-state index in [0.717, 1.165) is 28.7 Å². The molecule has 0 amide bonds. The fourth-order valence-electron chi connectivity index (χ4n) is 2.73. The maximum atomic E-state index is 11.9. The van der Waals surface area contributed by atoms with Crippen molar-refractivity contribution >= 4 is 28.2 Å². The quantitative estimate of drug-likeness (QED) is 0.691. The van der Waals surface area contributed by atoms with Gasteiger partial charge in [-0.3, -0.25) is 4.98 Å². The molecule has 0 aliphatic rings. The van der Waals surface area contributed by atoms with Crippen molar-refractivity contribution in [1.82, 2.24) is 4.98 Å². The van der Waals surface area contributed by atoms with Crippen LogP contribution in [-0.2, 0) is 11.2 Å². The predicted octanol–water partition coefficient (Wildman–Crippen LogP) is 4.72. The zero-order chi connectivity index (χ0) is 16.9. The van der Waals surface area contributed by atoms with Crippen LogP contribution < -0.4 is 5.32 Å². The normalized spacial score (nSPS) is 10.6. The third kappa shape index (κ3) is 3.23. The zero-order valence-corrected chi connectivity index (χ0v) is 13.9. The van der Waals surface area contributed by atoms with Crippen molar-refractivity contribution in [2.75, 3.05) is 11.9 Å². The number of hydrogen-bond acceptors (Lipinski definition) is 4. The number of hydrogen-bond donors (Lipinski definition) is 1. The van der Waals surface area contributed by atoms with Crippen LogP contribution in [0.3, 0.4) is 0 Å². The Morgan fingerprint density at radius 1 is 1.12 bits per heavy atom. The molecule has 122 valence electrons. The molecule has 1 N–H and O–H groups in total. The summed E-state index contributed by atoms with van der Waals surface area (Å²) in [7, 11) is 0. The van der Waals surface area contributed by atoms with Gasteiger partial charge in [0.05, 0.1) is 17.7 Å². The highest BCUT2D eigenvalue weighted by Crippen LogP contribution is 2.27. The first kappa shape index (κ1) is 16.0. The second-order valence-electron chi connectivity index (χ2n) is 5.45. The van der Waals surface area contributed by atoms with Crippen molar-refractivity contribution in [3.05, 3.63) is 65.9 Å². The average Bonchev–Trinajstić information content (AvgIpc) is 2.62. The number of ether oxygens (including phenoxy) is 1. The van der Waals surface area contributed by atoms with Crippen LogP contribution >= 0.6 is 0 Å². The van der Waals surface area contributed by atoms with Crippen LogP contribution in [-0.4, -0.2) is 17.6 Å². The number of benzene rings is 2. The van der Waals surface area contributed by atoms with Crippen LogP contribution in [0.4, 0.5) is 11.4 Å². The molecule has 4 heteroatoms. The van der Waals surface area contributed by atoms with E-state index in [1.165, 1.54) is 5.56 Å². The molecule has 4 nitrogen and oxygen atoms in total. The van der Waals surface area contributed by atoms with Gasteiger partial charge in [0, 0.05) is 23.0 Å². The molecule has 0 atom stereocenters. The van der Waals surface area contributed by atoms with Crippen molar-refractivity contribution in [2.24, 2.45) is 0 Å². The summed E-state index contributed by atoms with van der Waals surface area (Å²) in [6.45, 7) is 4.29. The van der Waals surface area contributed by atoms with E-state index in [1.54, 1.807) is 25.3 Å². The molecule has 0 radical (unpaired) electrons. The first-order valence-electron chi connectivity index (χ1n) is 8.13. The van der Waals surface area contributed by atoms with E-state index >= 15 is 0 Å². The minimum absolute atomic E-state index is 0.311. The van der Waals surface area contributed by atoms with Crippen molar-refractivity contribution in [3.63, 3.8) is 0 Å². The highest BCUT2D eigenvalue weighted by Gasteiger charge is 2.09. The first-order valence-corrected chi connectivity index (χ1v) is 8.13. The number of para-hydroxylation sites is 1. The number of fused-ring (bicyclic) bond motifs is 1. The lowest BCUT2D eigenvalue weighted by Crippen LogP contribution is -2.05. The summed E-state index contributed by atoms with van der Waals surface area (Å²) < 4.78 is 5.06. The standard InChI is InChI=1S/C20H20N2O2/c1-3-14-7-6-10-17-18(11-12-21-19(14)17)22-16-9-5-8-15(13-16)20(23)24-4-2/h5-13H,3-4H2,1-2H3,(H,21,22). The van der Waals surface area contributed by atoms with Gasteiger partial charge in [-0.15, -0.1) is 0 Å². The molecule has 0 fully saturated rings. The van der Waals surface area contributed by atoms with Gasteiger partial charge in [0.25, 0.3) is 0 Å². The molecule has 0 unspecified atom stereocenters. The number of esters is 1. The number of carbonyl (C=O) groups excluding carboxylic acids is 1. The van der Waals surface area contributed by atoms with Crippen LogP contribution in [0.5, 0.6) is 0 Å². The van der Waals surface area contributed by atoms with Crippen molar-refractivity contribution in [1.29, 1.82) is 0 Å². The van der Waals surface area contributed by atoms with Crippen LogP contribution in [0.1, 0.15) is 29.8 Å². The molecular weight excluding hydrogens is 300 g/mol. The monoisotopic (exact) mass is 320 g/mol. The summed E-state index contributed by atoms with van der Waals surface area (Å²) in [6.07, 6.45) is 2.74. The summed E-state index contributed by atoms with van der Waals surface area (Å²) >= 11 is 0. The molecule has 1 heterocycles. The van der Waals surface area contributed by atoms with Crippen molar-refractivity contribution < 1.29 is 9.53 Å². The molecule has 0 saturated carbocycles. The van der Waals surface area contributed by atoms with Gasteiger partial charge in [0.15, 0.2) is 0 Å². The molecule has 0 bridgehead atoms. The van der Waals surface area contributed by atoms with E-state index in [1.807, 2.05) is 24.3 Å². The Bertz CT molecular complexity index is 874. The largest absolute Gasteiger partial charge is 0.462 e. The lowest BCUT2D eigenvalue weighted by molar-refractivity contribution is 0.0526. The van der Waals surface area contributed by atoms with Gasteiger partial charge in [-0.05, 0) is 43.2 Å². The van der Waals surface area contributed by atoms with Crippen LogP contribution in [0.2, 0.25) is 0 Å². The Hall–Kier alpha value is -2.88. The van der Waals surface area contributed by atoms with Gasteiger partial charge in [0.2, 0.25) is 0 Å². The zero-order valence-electron chi connectivity index (χ0n) is 13.9. The Labute approximate surface area is 141 Å². The summed E-state index contributed by atoms with van der Waals surface area (Å²) in [5.74, 6) is -0.311. The average molecular weight is 320 g/mol. The Morgan fingerprint density at radius 2 is 1.96 bits per heavy atom. The van der Waals surface area contributed by atoms with E-state index in [4.69, 9.17) is 4.74 Å². The van der Waals surface area contributed by atoms with E-state index < -0.39 is 0 Å². The smallest absolute Gasteiger partial charge is 0.338 e. The highest BCUT2D eigenvalue weighted by molar-refractivity contribution is 5.95. The summed E-state index contributed by atoms with van der Waals surface area (Å²) in [6, 6.07) is 15.5. The molecule has 0 aliphatic heterocycles. The van der Waals surface area contributed by atoms with Crippen molar-refractivity contribution in [2.45, 2.75) is 20.3 Å². The summed E-state index contributed by atoms with van der Waals surface area (Å²) in [5.41, 5.74) is 4.57. The topological polar surface area (TPSA) is 51.2 Å². The second-order valence-corrected chi connectivity index (χ2v) is 5.45. The fourth-order valence-corrected chi connectivity index (χ4v) is 2.73. The number of carbonyl (C=O) groups is 1. The third-order valence-corrected chi connectivity index (χ3v) is 3.89. The highest BCUT2D eigenvalue weighted by atomic mass is 16.5. The Balaban J connectivity index is 1.96. The molecule has 3 rings (SSSR count). The Kier molecular flexibility index (Phi) is 4.75. The molecule has 3 aromatic rings. The van der Waals surface area contributed by atoms with E-state index in [-0.39, 0.29) is 5.97 Å². The van der Waals surface area contributed by atoms with Gasteiger partial charge in [-0.2, -0.15) is 0 Å². The maximum Gasteiger partial charge on any atom is 0.338 e. The maximum absolute atomic E-state index is 11.9. The lowest BCUT2D eigenvalue weighted by atomic mass is 10.1. The van der Waals surface area contributed by atoms with Gasteiger partial charge in [-0.25, -0.2) is 4.79 Å². The molecule has 0 saturated heterocycles. The Morgan fingerprint density at radius 3 is 2.75 bits per heavy atom. The molecule has 24 heavy (non-hydrogen) atoms. The molecule has 1 aromatic heterocycles. The van der Waals surface area contributed by atoms with Gasteiger partial charge in [-0.1, -0.05) is 31.2 Å². The van der Waals surface area contributed by atoms with Gasteiger partial charge < -0.3 is 10.1 Å². The lowest BCUT2D eigenvalue weighted by Gasteiger charge is -2.12. The number of nitrogens with one attached hydrogen (secondary N) is 1. The van der Waals surface area contributed by atoms with Crippen LogP contribution in [0, 0.1) is 0 Å². The number of aromatic nitrogens is 1. The summed E-state index contributed by atoms with van der Waals surface area (Å²) in [4.78, 5) is 16.4. The first-order chi connectivity index (χ1) is 11.7. The van der Waals surface area contributed by atoms with Crippen LogP contribution in [0.15, 0.2) is 54.7 Å². The minimum atomic E-state index is -0.311. The van der Waals surface area contributed by atoms with Gasteiger partial charge in [0.1, 0.15) is 0 Å². The molecule has 0 spiro atoms. The number of anilines is 2. The number of nitrogens with zero attached hydrogens (tertiary/aromatic N) is 1. The van der Waals surface area contributed by atoms with Gasteiger partial charge >= 0.3 is 5.97 Å². The van der Waals surface area contributed by atoms with E-state index in [9.17, 15) is 4.79 Å². The summed E-state index contributed by atoms with van der Waals surface area (Å²) in [5, 5.41) is 4.46. The number of aryl methyl sites for hydroxylation is 1. The minimum Gasteiger partial charge on any atom is -0.462 e. The molecule has 0 aliphatic carbocycles. The molecular formula is C20H20N2O2. The third-order valence-electron chi connectivity index (χ3n) is 3.89. The van der Waals surface area contributed by atoms with Crippen molar-refractivity contribution in [3.8, 4) is 0 Å². The van der Waals surface area contributed by atoms with E-state index in [0.29, 0.717) is 12.2 Å². The SMILES string of the molecule is CCOC(=O)c1cccc(Nc2ccnc3c(CC)cccc23)c1.